The summed E-state index contributed by atoms with van der Waals surface area (Å²) in [5, 5.41) is 3.70. The Bertz CT molecular complexity index is 186. The van der Waals surface area contributed by atoms with E-state index in [2.05, 4.69) is 5.10 Å². The minimum Gasteiger partial charge on any atom is -0.299 e. The zero-order chi connectivity index (χ0) is 7.56. The van der Waals surface area contributed by atoms with Gasteiger partial charge in [-0.2, -0.15) is 9.63 Å². The van der Waals surface area contributed by atoms with Crippen LogP contribution in [-0.2, 0) is 4.79 Å². The molecule has 0 fully saturated rings. The molecule has 0 radical (unpaired) electrons. The van der Waals surface area contributed by atoms with E-state index in [1.807, 2.05) is 0 Å². The van der Waals surface area contributed by atoms with Gasteiger partial charge in [0.2, 0.25) is 0 Å². The van der Waals surface area contributed by atoms with Crippen molar-refractivity contribution in [2.75, 3.05) is 0 Å². The predicted molar refractivity (Wildman–Crippen MR) is 39.5 cm³/mol. The number of nitrogens with zero attached hydrogens (tertiary/aromatic N) is 2. The third kappa shape index (κ3) is 1.57. The highest BCUT2D eigenvalue weighted by Gasteiger charge is 2.10. The van der Waals surface area contributed by atoms with Gasteiger partial charge in [-0.3, -0.25) is 4.79 Å². The predicted octanol–water partition coefficient (Wildman–Crippen LogP) is 1.16. The van der Waals surface area contributed by atoms with Crippen LogP contribution in [0.5, 0.6) is 0 Å². The van der Waals surface area contributed by atoms with Crippen LogP contribution >= 0.6 is 11.8 Å². The molecule has 3 nitrogen and oxygen atoms in total. The van der Waals surface area contributed by atoms with Gasteiger partial charge in [-0.25, -0.2) is 0 Å². The van der Waals surface area contributed by atoms with Crippen LogP contribution in [0.3, 0.4) is 0 Å². The van der Waals surface area contributed by atoms with Crippen molar-refractivity contribution in [1.82, 2.24) is 4.53 Å². The zero-order valence-electron chi connectivity index (χ0n) is 5.49. The van der Waals surface area contributed by atoms with Gasteiger partial charge in [0, 0.05) is 24.2 Å². The number of halogens is 1. The Morgan fingerprint density at radius 3 is 2.90 bits per heavy atom. The lowest BCUT2D eigenvalue weighted by atomic mass is 10.1. The summed E-state index contributed by atoms with van der Waals surface area (Å²) >= 11 is 5.42. The van der Waals surface area contributed by atoms with E-state index in [0.717, 1.165) is 4.53 Å². The van der Waals surface area contributed by atoms with Gasteiger partial charge in [0.1, 0.15) is 5.78 Å². The van der Waals surface area contributed by atoms with Crippen LogP contribution < -0.4 is 0 Å². The molecule has 1 aliphatic rings. The molecule has 4 heteroatoms. The highest BCUT2D eigenvalue weighted by molar-refractivity contribution is 6.14. The first-order chi connectivity index (χ1) is 4.70. The number of ketones is 1. The first-order valence-electron chi connectivity index (χ1n) is 2.88. The first kappa shape index (κ1) is 7.28. The van der Waals surface area contributed by atoms with Gasteiger partial charge < -0.3 is 0 Å². The van der Waals surface area contributed by atoms with E-state index in [1.54, 1.807) is 12.3 Å². The van der Waals surface area contributed by atoms with Gasteiger partial charge in [-0.1, -0.05) is 0 Å². The SMILES string of the molecule is CC(=O)C1C=CN(Cl)N=C1. The molecule has 0 saturated carbocycles. The molecule has 0 aromatic heterocycles. The Labute approximate surface area is 64.1 Å². The summed E-state index contributed by atoms with van der Waals surface area (Å²) in [5.74, 6) is -0.125. The third-order valence-corrected chi connectivity index (χ3v) is 1.42. The van der Waals surface area contributed by atoms with Crippen molar-refractivity contribution in [3.05, 3.63) is 12.3 Å². The van der Waals surface area contributed by atoms with E-state index in [9.17, 15) is 4.79 Å². The van der Waals surface area contributed by atoms with Crippen molar-refractivity contribution in [3.63, 3.8) is 0 Å². The molecule has 1 aliphatic heterocycles. The highest BCUT2D eigenvalue weighted by Crippen LogP contribution is 2.07. The number of carbonyl (C=O) groups excluding carboxylic acids is 1. The molecule has 0 bridgehead atoms. The molecule has 1 rings (SSSR count). The number of allylic oxidation sites excluding steroid dienone is 1. The van der Waals surface area contributed by atoms with Crippen LogP contribution in [0, 0.1) is 5.92 Å². The quantitative estimate of drug-likeness (QED) is 0.537. The van der Waals surface area contributed by atoms with Crippen molar-refractivity contribution < 1.29 is 4.79 Å². The summed E-state index contributed by atoms with van der Waals surface area (Å²) in [6, 6.07) is 0. The van der Waals surface area contributed by atoms with Crippen LogP contribution in [0.15, 0.2) is 17.4 Å². The molecule has 0 aliphatic carbocycles. The molecule has 0 saturated heterocycles. The average molecular weight is 159 g/mol. The standard InChI is InChI=1S/C6H7ClN2O/c1-5(10)6-2-3-9(7)8-4-6/h2-4,6H,1H3. The van der Waals surface area contributed by atoms with Crippen LogP contribution in [-0.4, -0.2) is 16.5 Å². The fourth-order valence-electron chi connectivity index (χ4n) is 0.628. The molecule has 0 N–H and O–H groups in total. The third-order valence-electron chi connectivity index (χ3n) is 1.22. The maximum atomic E-state index is 10.7. The van der Waals surface area contributed by atoms with Crippen LogP contribution in [0.2, 0.25) is 0 Å². The van der Waals surface area contributed by atoms with Crippen LogP contribution in [0.1, 0.15) is 6.92 Å². The lowest BCUT2D eigenvalue weighted by Gasteiger charge is -2.10. The summed E-state index contributed by atoms with van der Waals surface area (Å²) in [6.07, 6.45) is 4.76. The highest BCUT2D eigenvalue weighted by atomic mass is 35.5. The van der Waals surface area contributed by atoms with Gasteiger partial charge >= 0.3 is 0 Å². The Balaban J connectivity index is 2.62. The molecule has 0 spiro atoms. The number of hydrogen-bond donors (Lipinski definition) is 0. The molecule has 0 amide bonds. The van der Waals surface area contributed by atoms with E-state index < -0.39 is 0 Å². The number of hydrogen-bond acceptors (Lipinski definition) is 3. The normalized spacial score (nSPS) is 23.4. The molecule has 1 atom stereocenters. The van der Waals surface area contributed by atoms with Crippen molar-refractivity contribution in [2.24, 2.45) is 11.0 Å². The van der Waals surface area contributed by atoms with Crippen LogP contribution in [0.4, 0.5) is 0 Å². The summed E-state index contributed by atoms with van der Waals surface area (Å²) in [5.41, 5.74) is 0. The van der Waals surface area contributed by atoms with E-state index in [0.29, 0.717) is 0 Å². The Hall–Kier alpha value is -0.830. The second-order valence-electron chi connectivity index (χ2n) is 2.03. The minimum absolute atomic E-state index is 0.0739. The molecule has 1 unspecified atom stereocenters. The molecule has 10 heavy (non-hydrogen) atoms. The minimum atomic E-state index is -0.199. The van der Waals surface area contributed by atoms with E-state index >= 15 is 0 Å². The maximum Gasteiger partial charge on any atom is 0.142 e. The fraction of sp³-hybridized carbons (Fsp3) is 0.333. The second kappa shape index (κ2) is 2.84. The van der Waals surface area contributed by atoms with Gasteiger partial charge in [0.15, 0.2) is 0 Å². The lowest BCUT2D eigenvalue weighted by Crippen LogP contribution is -2.15. The van der Waals surface area contributed by atoms with Gasteiger partial charge in [0.05, 0.1) is 5.92 Å². The maximum absolute atomic E-state index is 10.7. The van der Waals surface area contributed by atoms with Gasteiger partial charge in [-0.15, -0.1) is 0 Å². The summed E-state index contributed by atoms with van der Waals surface area (Å²) < 4.78 is 1.14. The summed E-state index contributed by atoms with van der Waals surface area (Å²) in [6.45, 7) is 1.52. The molecule has 0 aromatic rings. The van der Waals surface area contributed by atoms with E-state index in [4.69, 9.17) is 11.8 Å². The largest absolute Gasteiger partial charge is 0.299 e. The van der Waals surface area contributed by atoms with Crippen molar-refractivity contribution in [2.45, 2.75) is 6.92 Å². The Morgan fingerprint density at radius 1 is 1.80 bits per heavy atom. The number of rotatable bonds is 1. The number of hydrazone groups is 1. The average Bonchev–Trinajstić information content (AvgIpc) is 1.88. The molecule has 54 valence electrons. The first-order valence-corrected chi connectivity index (χ1v) is 3.22. The smallest absolute Gasteiger partial charge is 0.142 e. The number of carbonyl (C=O) groups is 1. The number of Topliss-reactive ketones (excluding diaryl/α,β-unsaturated/α-hetero) is 1. The summed E-state index contributed by atoms with van der Waals surface area (Å²) in [7, 11) is 0. The molecule has 1 heterocycles. The topological polar surface area (TPSA) is 32.7 Å². The Morgan fingerprint density at radius 2 is 2.50 bits per heavy atom. The Kier molecular flexibility index (Phi) is 2.06. The summed E-state index contributed by atoms with van der Waals surface area (Å²) in [4.78, 5) is 10.7. The van der Waals surface area contributed by atoms with Crippen molar-refractivity contribution >= 4 is 23.8 Å². The van der Waals surface area contributed by atoms with Crippen LogP contribution in [0.25, 0.3) is 0 Å². The van der Waals surface area contributed by atoms with Gasteiger partial charge in [-0.05, 0) is 13.0 Å². The monoisotopic (exact) mass is 158 g/mol. The zero-order valence-corrected chi connectivity index (χ0v) is 6.25. The molecular weight excluding hydrogens is 152 g/mol. The van der Waals surface area contributed by atoms with E-state index in [-0.39, 0.29) is 11.7 Å². The molecule has 0 aromatic carbocycles. The van der Waals surface area contributed by atoms with Crippen molar-refractivity contribution in [3.8, 4) is 0 Å². The second-order valence-corrected chi connectivity index (χ2v) is 2.38. The fourth-order valence-corrected chi connectivity index (χ4v) is 0.743. The van der Waals surface area contributed by atoms with Gasteiger partial charge in [0.25, 0.3) is 0 Å². The lowest BCUT2D eigenvalue weighted by molar-refractivity contribution is -0.117. The molecular formula is C6H7ClN2O. The van der Waals surface area contributed by atoms with E-state index in [1.165, 1.54) is 13.1 Å². The van der Waals surface area contributed by atoms with Crippen molar-refractivity contribution in [1.29, 1.82) is 0 Å².